The Hall–Kier alpha value is -2.71. The van der Waals surface area contributed by atoms with Crippen LogP contribution in [0.15, 0.2) is 36.9 Å². The summed E-state index contributed by atoms with van der Waals surface area (Å²) < 4.78 is 0. The third-order valence-corrected chi connectivity index (χ3v) is 2.47. The molecule has 2 heterocycles. The summed E-state index contributed by atoms with van der Waals surface area (Å²) in [5, 5.41) is 2.77. The summed E-state index contributed by atoms with van der Waals surface area (Å²) in [6.07, 6.45) is 6.40. The largest absolute Gasteiger partial charge is 0.321 e. The first-order valence-electron chi connectivity index (χ1n) is 6.06. The quantitative estimate of drug-likeness (QED) is 0.804. The molecule has 0 saturated carbocycles. The highest BCUT2D eigenvalue weighted by Crippen LogP contribution is 2.10. The number of rotatable bonds is 2. The lowest BCUT2D eigenvalue weighted by atomic mass is 10.2. The molecule has 0 aliphatic rings. The monoisotopic (exact) mass is 266 g/mol. The molecule has 0 aliphatic heterocycles. The second-order valence-electron chi connectivity index (χ2n) is 4.17. The van der Waals surface area contributed by atoms with Crippen LogP contribution in [0.2, 0.25) is 0 Å². The van der Waals surface area contributed by atoms with E-state index in [2.05, 4.69) is 27.1 Å². The van der Waals surface area contributed by atoms with Crippen LogP contribution in [0.4, 0.5) is 5.69 Å². The number of pyridine rings is 2. The SMILES string of the molecule is Cc1cncc(NC(=O)c2cncc(C#CCN)c2)c1. The molecule has 100 valence electrons. The van der Waals surface area contributed by atoms with E-state index >= 15 is 0 Å². The van der Waals surface area contributed by atoms with Crippen molar-refractivity contribution < 1.29 is 4.79 Å². The molecule has 0 spiro atoms. The molecule has 2 aromatic heterocycles. The van der Waals surface area contributed by atoms with E-state index in [0.29, 0.717) is 16.8 Å². The third-order valence-electron chi connectivity index (χ3n) is 2.47. The van der Waals surface area contributed by atoms with Crippen molar-refractivity contribution in [2.24, 2.45) is 5.73 Å². The smallest absolute Gasteiger partial charge is 0.257 e. The van der Waals surface area contributed by atoms with Crippen LogP contribution in [0.5, 0.6) is 0 Å². The van der Waals surface area contributed by atoms with Crippen LogP contribution in [0.25, 0.3) is 0 Å². The first kappa shape index (κ1) is 13.7. The number of aryl methyl sites for hydroxylation is 1. The van der Waals surface area contributed by atoms with Crippen molar-refractivity contribution in [3.8, 4) is 11.8 Å². The number of hydrogen-bond acceptors (Lipinski definition) is 4. The van der Waals surface area contributed by atoms with E-state index < -0.39 is 0 Å². The van der Waals surface area contributed by atoms with E-state index in [4.69, 9.17) is 5.73 Å². The van der Waals surface area contributed by atoms with Crippen LogP contribution in [-0.2, 0) is 0 Å². The maximum atomic E-state index is 12.1. The second-order valence-corrected chi connectivity index (χ2v) is 4.17. The van der Waals surface area contributed by atoms with E-state index in [1.165, 1.54) is 6.20 Å². The van der Waals surface area contributed by atoms with Crippen molar-refractivity contribution in [2.45, 2.75) is 6.92 Å². The van der Waals surface area contributed by atoms with Gasteiger partial charge in [0.25, 0.3) is 5.91 Å². The van der Waals surface area contributed by atoms with Gasteiger partial charge in [-0.05, 0) is 24.6 Å². The Morgan fingerprint density at radius 1 is 1.25 bits per heavy atom. The summed E-state index contributed by atoms with van der Waals surface area (Å²) in [5.74, 6) is 5.32. The highest BCUT2D eigenvalue weighted by molar-refractivity contribution is 6.04. The predicted molar refractivity (Wildman–Crippen MR) is 77.1 cm³/mol. The van der Waals surface area contributed by atoms with Crippen LogP contribution in [-0.4, -0.2) is 22.4 Å². The lowest BCUT2D eigenvalue weighted by molar-refractivity contribution is 0.102. The Morgan fingerprint density at radius 3 is 2.80 bits per heavy atom. The minimum absolute atomic E-state index is 0.249. The topological polar surface area (TPSA) is 80.9 Å². The molecule has 2 aromatic rings. The molecule has 3 N–H and O–H groups in total. The normalized spacial score (nSPS) is 9.50. The van der Waals surface area contributed by atoms with Gasteiger partial charge in [-0.2, -0.15) is 0 Å². The summed E-state index contributed by atoms with van der Waals surface area (Å²) in [5.41, 5.74) is 8.03. The van der Waals surface area contributed by atoms with Crippen molar-refractivity contribution in [3.63, 3.8) is 0 Å². The summed E-state index contributed by atoms with van der Waals surface area (Å²) in [4.78, 5) is 20.1. The van der Waals surface area contributed by atoms with Crippen LogP contribution < -0.4 is 11.1 Å². The molecule has 2 rings (SSSR count). The molecule has 0 radical (unpaired) electrons. The molecule has 0 saturated heterocycles. The molecule has 0 bridgehead atoms. The molecular weight excluding hydrogens is 252 g/mol. The van der Waals surface area contributed by atoms with Gasteiger partial charge < -0.3 is 11.1 Å². The average molecular weight is 266 g/mol. The average Bonchev–Trinajstić information content (AvgIpc) is 2.45. The zero-order valence-electron chi connectivity index (χ0n) is 11.1. The molecule has 0 atom stereocenters. The number of carbonyl (C=O) groups is 1. The number of carbonyl (C=O) groups excluding carboxylic acids is 1. The molecule has 5 nitrogen and oxygen atoms in total. The van der Waals surface area contributed by atoms with Crippen molar-refractivity contribution >= 4 is 11.6 Å². The van der Waals surface area contributed by atoms with Crippen molar-refractivity contribution in [3.05, 3.63) is 53.6 Å². The van der Waals surface area contributed by atoms with Crippen LogP contribution in [0.3, 0.4) is 0 Å². The van der Waals surface area contributed by atoms with E-state index in [0.717, 1.165) is 5.56 Å². The Bertz CT molecular complexity index is 686. The van der Waals surface area contributed by atoms with E-state index in [1.807, 2.05) is 13.0 Å². The maximum absolute atomic E-state index is 12.1. The van der Waals surface area contributed by atoms with Crippen molar-refractivity contribution in [1.29, 1.82) is 0 Å². The number of amides is 1. The van der Waals surface area contributed by atoms with Gasteiger partial charge in [0.15, 0.2) is 0 Å². The molecular formula is C15H14N4O. The second kappa shape index (κ2) is 6.45. The fourth-order valence-electron chi connectivity index (χ4n) is 1.61. The van der Waals surface area contributed by atoms with E-state index in [-0.39, 0.29) is 12.5 Å². The van der Waals surface area contributed by atoms with Gasteiger partial charge in [0, 0.05) is 24.2 Å². The Kier molecular flexibility index (Phi) is 4.43. The number of nitrogens with zero attached hydrogens (tertiary/aromatic N) is 2. The number of hydrogen-bond donors (Lipinski definition) is 2. The summed E-state index contributed by atoms with van der Waals surface area (Å²) in [6, 6.07) is 3.52. The lowest BCUT2D eigenvalue weighted by Gasteiger charge is -2.05. The number of nitrogens with two attached hydrogens (primary N) is 1. The fourth-order valence-corrected chi connectivity index (χ4v) is 1.61. The number of aromatic nitrogens is 2. The van der Waals surface area contributed by atoms with Crippen molar-refractivity contribution in [1.82, 2.24) is 9.97 Å². The summed E-state index contributed by atoms with van der Waals surface area (Å²) in [7, 11) is 0. The minimum Gasteiger partial charge on any atom is -0.321 e. The number of anilines is 1. The van der Waals surface area contributed by atoms with Crippen LogP contribution in [0, 0.1) is 18.8 Å². The molecule has 0 unspecified atom stereocenters. The number of nitrogens with one attached hydrogen (secondary N) is 1. The Balaban J connectivity index is 2.17. The van der Waals surface area contributed by atoms with Gasteiger partial charge in [0.2, 0.25) is 0 Å². The zero-order valence-corrected chi connectivity index (χ0v) is 11.1. The van der Waals surface area contributed by atoms with Gasteiger partial charge in [0.1, 0.15) is 0 Å². The van der Waals surface area contributed by atoms with Gasteiger partial charge >= 0.3 is 0 Å². The first-order chi connectivity index (χ1) is 9.69. The Morgan fingerprint density at radius 2 is 2.05 bits per heavy atom. The third kappa shape index (κ3) is 3.64. The van der Waals surface area contributed by atoms with Gasteiger partial charge in [-0.3, -0.25) is 14.8 Å². The molecule has 20 heavy (non-hydrogen) atoms. The Labute approximate surface area is 117 Å². The van der Waals surface area contributed by atoms with Crippen LogP contribution >= 0.6 is 0 Å². The predicted octanol–water partition coefficient (Wildman–Crippen LogP) is 1.35. The molecule has 1 amide bonds. The standard InChI is InChI=1S/C15H14N4O/c1-11-5-14(10-17-7-11)19-15(20)13-6-12(3-2-4-16)8-18-9-13/h5-10H,4,16H2,1H3,(H,19,20). The highest BCUT2D eigenvalue weighted by atomic mass is 16.1. The highest BCUT2D eigenvalue weighted by Gasteiger charge is 2.07. The minimum atomic E-state index is -0.249. The fraction of sp³-hybridized carbons (Fsp3) is 0.133. The van der Waals surface area contributed by atoms with Gasteiger partial charge in [-0.1, -0.05) is 11.8 Å². The van der Waals surface area contributed by atoms with Gasteiger partial charge in [0.05, 0.1) is 24.0 Å². The van der Waals surface area contributed by atoms with Crippen molar-refractivity contribution in [2.75, 3.05) is 11.9 Å². The summed E-state index contributed by atoms with van der Waals surface area (Å²) >= 11 is 0. The lowest BCUT2D eigenvalue weighted by Crippen LogP contribution is -2.12. The zero-order chi connectivity index (χ0) is 14.4. The maximum Gasteiger partial charge on any atom is 0.257 e. The molecule has 5 heteroatoms. The van der Waals surface area contributed by atoms with Gasteiger partial charge in [-0.15, -0.1) is 0 Å². The molecule has 0 fully saturated rings. The van der Waals surface area contributed by atoms with E-state index in [9.17, 15) is 4.79 Å². The van der Waals surface area contributed by atoms with Crippen LogP contribution in [0.1, 0.15) is 21.5 Å². The molecule has 0 aromatic carbocycles. The van der Waals surface area contributed by atoms with Gasteiger partial charge in [-0.25, -0.2) is 0 Å². The van der Waals surface area contributed by atoms with E-state index in [1.54, 1.807) is 24.7 Å². The first-order valence-corrected chi connectivity index (χ1v) is 6.06. The summed E-state index contributed by atoms with van der Waals surface area (Å²) in [6.45, 7) is 2.18. The molecule has 0 aliphatic carbocycles.